The van der Waals surface area contributed by atoms with Gasteiger partial charge in [-0.25, -0.2) is 14.2 Å². The van der Waals surface area contributed by atoms with Gasteiger partial charge in [0.15, 0.2) is 6.23 Å². The summed E-state index contributed by atoms with van der Waals surface area (Å²) in [6.07, 6.45) is 3.26. The minimum atomic E-state index is -0.555. The van der Waals surface area contributed by atoms with Gasteiger partial charge in [-0.2, -0.15) is 5.10 Å². The maximum Gasteiger partial charge on any atom is 0.326 e. The van der Waals surface area contributed by atoms with Crippen LogP contribution < -0.4 is 20.4 Å². The molecule has 0 bridgehead atoms. The van der Waals surface area contributed by atoms with E-state index in [-0.39, 0.29) is 23.7 Å². The molecule has 0 aliphatic carbocycles. The molecule has 0 spiro atoms. The summed E-state index contributed by atoms with van der Waals surface area (Å²) in [5.41, 5.74) is 4.78. The maximum atomic E-state index is 13.5. The number of hydrazone groups is 1. The molecule has 158 valence electrons. The van der Waals surface area contributed by atoms with Crippen LogP contribution >= 0.6 is 11.6 Å². The molecule has 0 radical (unpaired) electrons. The van der Waals surface area contributed by atoms with Crippen molar-refractivity contribution in [1.29, 1.82) is 0 Å². The predicted octanol–water partition coefficient (Wildman–Crippen LogP) is 3.63. The monoisotopic (exact) mass is 433 g/mol. The van der Waals surface area contributed by atoms with Crippen molar-refractivity contribution in [2.24, 2.45) is 11.0 Å². The Kier molecular flexibility index (Phi) is 6.01. The molecule has 2 aromatic rings. The highest BCUT2D eigenvalue weighted by molar-refractivity contribution is 6.31. The second-order valence-corrected chi connectivity index (χ2v) is 7.38. The van der Waals surface area contributed by atoms with Gasteiger partial charge in [0.05, 0.1) is 30.1 Å². The number of benzene rings is 1. The van der Waals surface area contributed by atoms with Crippen LogP contribution in [-0.2, 0) is 4.74 Å². The number of ether oxygens (including phenoxy) is 2. The molecule has 2 N–H and O–H groups in total. The highest BCUT2D eigenvalue weighted by Gasteiger charge is 2.36. The summed E-state index contributed by atoms with van der Waals surface area (Å²) in [6, 6.07) is 6.96. The van der Waals surface area contributed by atoms with E-state index in [0.29, 0.717) is 23.9 Å². The number of pyridine rings is 1. The topological polar surface area (TPSA) is 88.1 Å². The Labute approximate surface area is 178 Å². The third-order valence-electron chi connectivity index (χ3n) is 5.06. The van der Waals surface area contributed by atoms with E-state index in [1.807, 2.05) is 0 Å². The number of rotatable bonds is 5. The molecular formula is C20H21ClFN5O3. The summed E-state index contributed by atoms with van der Waals surface area (Å²) in [6.45, 7) is 0.930. The van der Waals surface area contributed by atoms with Crippen molar-refractivity contribution in [3.8, 4) is 5.88 Å². The van der Waals surface area contributed by atoms with Gasteiger partial charge in [-0.1, -0.05) is 11.6 Å². The second kappa shape index (κ2) is 8.85. The summed E-state index contributed by atoms with van der Waals surface area (Å²) < 4.78 is 24.4. The Bertz CT molecular complexity index is 973. The molecular weight excluding hydrogens is 413 g/mol. The zero-order chi connectivity index (χ0) is 21.1. The Balaban J connectivity index is 1.59. The van der Waals surface area contributed by atoms with E-state index in [1.54, 1.807) is 18.3 Å². The average Bonchev–Trinajstić information content (AvgIpc) is 3.17. The largest absolute Gasteiger partial charge is 0.481 e. The van der Waals surface area contributed by atoms with E-state index in [2.05, 4.69) is 20.8 Å². The summed E-state index contributed by atoms with van der Waals surface area (Å²) in [4.78, 5) is 18.8. The number of nitrogens with one attached hydrogen (secondary N) is 2. The quantitative estimate of drug-likeness (QED) is 0.751. The third kappa shape index (κ3) is 4.31. The first-order valence-corrected chi connectivity index (χ1v) is 9.90. The van der Waals surface area contributed by atoms with Crippen LogP contribution in [0, 0.1) is 11.7 Å². The molecule has 2 aliphatic rings. The molecule has 1 saturated heterocycles. The van der Waals surface area contributed by atoms with Gasteiger partial charge in [-0.3, -0.25) is 10.3 Å². The van der Waals surface area contributed by atoms with Crippen LogP contribution in [0.1, 0.15) is 12.8 Å². The molecule has 30 heavy (non-hydrogen) atoms. The van der Waals surface area contributed by atoms with Gasteiger partial charge in [-0.15, -0.1) is 0 Å². The summed E-state index contributed by atoms with van der Waals surface area (Å²) in [7, 11) is 1.51. The summed E-state index contributed by atoms with van der Waals surface area (Å²) >= 11 is 5.84. The molecule has 0 saturated carbocycles. The zero-order valence-corrected chi connectivity index (χ0v) is 17.0. The molecule has 1 aromatic carbocycles. The minimum absolute atomic E-state index is 0.0727. The van der Waals surface area contributed by atoms with Gasteiger partial charge in [-0.05, 0) is 37.1 Å². The molecule has 10 heteroatoms. The summed E-state index contributed by atoms with van der Waals surface area (Å²) in [5.74, 6) is -0.0846. The number of hydrogen-bond acceptors (Lipinski definition) is 6. The molecule has 3 heterocycles. The molecule has 2 atom stereocenters. The van der Waals surface area contributed by atoms with Crippen LogP contribution in [0.25, 0.3) is 0 Å². The van der Waals surface area contributed by atoms with Crippen LogP contribution in [0.5, 0.6) is 5.88 Å². The number of urea groups is 1. The standard InChI is InChI=1S/C20H21ClFN5O3/c1-29-18-10-13(6-7-23-18)27(11-17-14-3-2-8-30-19(14)26-25-17)20(28)24-12-4-5-16(22)15(21)9-12/h4-7,9-10,14,19,26H,2-3,8,11H2,1H3,(H,24,28). The fraction of sp³-hybridized carbons (Fsp3) is 0.350. The summed E-state index contributed by atoms with van der Waals surface area (Å²) in [5, 5.41) is 7.09. The van der Waals surface area contributed by atoms with Gasteiger partial charge in [0.25, 0.3) is 0 Å². The number of hydrogen-bond donors (Lipinski definition) is 2. The highest BCUT2D eigenvalue weighted by Crippen LogP contribution is 2.28. The Morgan fingerprint density at radius 2 is 2.30 bits per heavy atom. The average molecular weight is 434 g/mol. The van der Waals surface area contributed by atoms with Crippen molar-refractivity contribution in [2.75, 3.05) is 30.5 Å². The number of methoxy groups -OCH3 is 1. The molecule has 4 rings (SSSR count). The molecule has 2 unspecified atom stereocenters. The van der Waals surface area contributed by atoms with Gasteiger partial charge in [0.2, 0.25) is 5.88 Å². The number of nitrogens with zero attached hydrogens (tertiary/aromatic N) is 3. The van der Waals surface area contributed by atoms with E-state index < -0.39 is 11.8 Å². The number of carbonyl (C=O) groups excluding carboxylic acids is 1. The van der Waals surface area contributed by atoms with Crippen molar-refractivity contribution in [3.05, 3.63) is 47.4 Å². The molecule has 1 aromatic heterocycles. The van der Waals surface area contributed by atoms with Gasteiger partial charge >= 0.3 is 6.03 Å². The lowest BCUT2D eigenvalue weighted by atomic mass is 9.94. The maximum absolute atomic E-state index is 13.5. The van der Waals surface area contributed by atoms with Crippen molar-refractivity contribution >= 4 is 34.7 Å². The van der Waals surface area contributed by atoms with Crippen LogP contribution in [0.2, 0.25) is 5.02 Å². The van der Waals surface area contributed by atoms with Crippen molar-refractivity contribution < 1.29 is 18.7 Å². The van der Waals surface area contributed by atoms with E-state index in [4.69, 9.17) is 21.1 Å². The molecule has 1 fully saturated rings. The number of halogens is 2. The number of aromatic nitrogens is 1. The minimum Gasteiger partial charge on any atom is -0.481 e. The number of carbonyl (C=O) groups is 1. The van der Waals surface area contributed by atoms with Crippen LogP contribution in [0.3, 0.4) is 0 Å². The lowest BCUT2D eigenvalue weighted by Gasteiger charge is -2.28. The number of fused-ring (bicyclic) bond motifs is 1. The van der Waals surface area contributed by atoms with E-state index in [0.717, 1.165) is 18.6 Å². The van der Waals surface area contributed by atoms with Crippen LogP contribution in [0.4, 0.5) is 20.6 Å². The lowest BCUT2D eigenvalue weighted by Crippen LogP contribution is -2.43. The normalized spacial score (nSPS) is 20.0. The molecule has 2 aliphatic heterocycles. The first kappa shape index (κ1) is 20.4. The number of anilines is 2. The first-order chi connectivity index (χ1) is 14.5. The van der Waals surface area contributed by atoms with E-state index in [1.165, 1.54) is 30.2 Å². The smallest absolute Gasteiger partial charge is 0.326 e. The Hall–Kier alpha value is -2.91. The molecule has 8 nitrogen and oxygen atoms in total. The van der Waals surface area contributed by atoms with Crippen LogP contribution in [-0.4, -0.2) is 43.2 Å². The zero-order valence-electron chi connectivity index (χ0n) is 16.3. The third-order valence-corrected chi connectivity index (χ3v) is 5.35. The van der Waals surface area contributed by atoms with Gasteiger partial charge in [0, 0.05) is 30.5 Å². The Morgan fingerprint density at radius 3 is 3.10 bits per heavy atom. The highest BCUT2D eigenvalue weighted by atomic mass is 35.5. The van der Waals surface area contributed by atoms with Crippen molar-refractivity contribution in [2.45, 2.75) is 19.1 Å². The van der Waals surface area contributed by atoms with Crippen molar-refractivity contribution in [3.63, 3.8) is 0 Å². The van der Waals surface area contributed by atoms with E-state index >= 15 is 0 Å². The predicted molar refractivity (Wildman–Crippen MR) is 112 cm³/mol. The molecule has 2 amide bonds. The van der Waals surface area contributed by atoms with Crippen LogP contribution in [0.15, 0.2) is 41.6 Å². The van der Waals surface area contributed by atoms with E-state index in [9.17, 15) is 9.18 Å². The number of amides is 2. The lowest BCUT2D eigenvalue weighted by molar-refractivity contribution is -0.0162. The fourth-order valence-corrected chi connectivity index (χ4v) is 3.70. The van der Waals surface area contributed by atoms with Gasteiger partial charge in [0.1, 0.15) is 5.82 Å². The Morgan fingerprint density at radius 1 is 1.43 bits per heavy atom. The SMILES string of the molecule is COc1cc(N(CC2=NNC3OCCCC23)C(=O)Nc2ccc(F)c(Cl)c2)ccn1. The van der Waals surface area contributed by atoms with Gasteiger partial charge < -0.3 is 14.8 Å². The second-order valence-electron chi connectivity index (χ2n) is 6.97. The van der Waals surface area contributed by atoms with Crippen molar-refractivity contribution in [1.82, 2.24) is 10.4 Å². The fourth-order valence-electron chi connectivity index (χ4n) is 3.52. The first-order valence-electron chi connectivity index (χ1n) is 9.52.